The highest BCUT2D eigenvalue weighted by molar-refractivity contribution is 5.98. The first-order valence-electron chi connectivity index (χ1n) is 15.8. The van der Waals surface area contributed by atoms with Gasteiger partial charge in [-0.1, -0.05) is 43.7 Å². The largest absolute Gasteiger partial charge is 0.508 e. The summed E-state index contributed by atoms with van der Waals surface area (Å²) in [5, 5.41) is 10.3. The van der Waals surface area contributed by atoms with Crippen LogP contribution in [-0.4, -0.2) is 22.5 Å². The number of para-hydroxylation sites is 1. The lowest BCUT2D eigenvalue weighted by atomic mass is 9.69. The number of aryl methyl sites for hydroxylation is 1. The van der Waals surface area contributed by atoms with Crippen LogP contribution in [0.3, 0.4) is 0 Å². The molecule has 2 aromatic carbocycles. The SMILES string of the molecule is Cc1ccc(C(=O)Cc2cc(C(=O)CCCCC3CCCC3=O)ccc2C2CCC(Cc3ccccc3O)[C@@H](C)C2)o1.[HH]. The van der Waals surface area contributed by atoms with Gasteiger partial charge in [0.05, 0.1) is 0 Å². The smallest absolute Gasteiger partial charge is 0.202 e. The minimum Gasteiger partial charge on any atom is -0.508 e. The molecule has 5 rings (SSSR count). The lowest BCUT2D eigenvalue weighted by Gasteiger charge is -2.35. The fourth-order valence-electron chi connectivity index (χ4n) is 7.20. The molecular formula is C37H46O5. The summed E-state index contributed by atoms with van der Waals surface area (Å²) in [4.78, 5) is 38.4. The Morgan fingerprint density at radius 2 is 1.81 bits per heavy atom. The molecule has 0 spiro atoms. The summed E-state index contributed by atoms with van der Waals surface area (Å²) in [5.74, 6) is 3.31. The van der Waals surface area contributed by atoms with Crippen molar-refractivity contribution < 1.29 is 25.3 Å². The third kappa shape index (κ3) is 7.29. The van der Waals surface area contributed by atoms with Gasteiger partial charge in [0.15, 0.2) is 11.5 Å². The summed E-state index contributed by atoms with van der Waals surface area (Å²) in [6.45, 7) is 4.13. The molecule has 2 aliphatic carbocycles. The number of benzene rings is 2. The van der Waals surface area contributed by atoms with Crippen molar-refractivity contribution in [3.63, 3.8) is 0 Å². The number of hydrogen-bond acceptors (Lipinski definition) is 5. The first-order chi connectivity index (χ1) is 20.3. The van der Waals surface area contributed by atoms with E-state index in [2.05, 4.69) is 13.0 Å². The number of ketones is 3. The molecule has 3 aromatic rings. The van der Waals surface area contributed by atoms with E-state index in [1.165, 1.54) is 0 Å². The first-order valence-corrected chi connectivity index (χ1v) is 15.8. The van der Waals surface area contributed by atoms with Crippen LogP contribution in [0.25, 0.3) is 0 Å². The van der Waals surface area contributed by atoms with Gasteiger partial charge in [0.1, 0.15) is 17.3 Å². The zero-order valence-corrected chi connectivity index (χ0v) is 25.1. The monoisotopic (exact) mass is 570 g/mol. The van der Waals surface area contributed by atoms with E-state index in [0.717, 1.165) is 74.5 Å². The summed E-state index contributed by atoms with van der Waals surface area (Å²) in [6.07, 6.45) is 9.88. The molecule has 1 N–H and O–H groups in total. The lowest BCUT2D eigenvalue weighted by molar-refractivity contribution is -0.120. The Kier molecular flexibility index (Phi) is 9.76. The third-order valence-electron chi connectivity index (χ3n) is 9.73. The highest BCUT2D eigenvalue weighted by Gasteiger charge is 2.31. The number of hydrogen-bond donors (Lipinski definition) is 1. The number of phenols is 1. The van der Waals surface area contributed by atoms with Crippen LogP contribution in [0.5, 0.6) is 5.75 Å². The molecule has 42 heavy (non-hydrogen) atoms. The minimum absolute atomic E-state index is 0. The standard InChI is InChI=1S/C37H44O5.H2/c1-24-20-28(16-15-27(24)21-29-9-4-6-11-34(29)39)32-18-17-30(22-31(32)23-36(41)37-19-14-25(2)42-37)35(40)12-5-3-8-26-10-7-13-33(26)38;/h4,6,9,11,14,17-19,22,24,26-28,39H,3,5,7-8,10,12-13,15-16,20-21,23H2,1-2H3;1H/t24-,26?,27?,28?;/m0./s1. The van der Waals surface area contributed by atoms with Gasteiger partial charge < -0.3 is 9.52 Å². The van der Waals surface area contributed by atoms with Crippen molar-refractivity contribution in [1.29, 1.82) is 0 Å². The molecule has 0 saturated heterocycles. The van der Waals surface area contributed by atoms with Gasteiger partial charge in [-0.2, -0.15) is 0 Å². The molecule has 5 heteroatoms. The van der Waals surface area contributed by atoms with Gasteiger partial charge in [0.2, 0.25) is 5.78 Å². The molecule has 0 bridgehead atoms. The molecule has 0 aliphatic heterocycles. The Labute approximate surface area is 251 Å². The minimum atomic E-state index is -0.0727. The topological polar surface area (TPSA) is 84.6 Å². The van der Waals surface area contributed by atoms with Crippen LogP contribution in [-0.2, 0) is 17.6 Å². The van der Waals surface area contributed by atoms with Crippen molar-refractivity contribution in [3.8, 4) is 5.75 Å². The molecule has 2 aliphatic rings. The van der Waals surface area contributed by atoms with Gasteiger partial charge in [-0.3, -0.25) is 14.4 Å². The number of phenolic OH excluding ortho intramolecular Hbond substituents is 1. The van der Waals surface area contributed by atoms with Crippen molar-refractivity contribution in [2.75, 3.05) is 0 Å². The van der Waals surface area contributed by atoms with Gasteiger partial charge in [0.25, 0.3) is 0 Å². The quantitative estimate of drug-likeness (QED) is 0.174. The predicted octanol–water partition coefficient (Wildman–Crippen LogP) is 8.84. The van der Waals surface area contributed by atoms with E-state index in [1.54, 1.807) is 18.2 Å². The Morgan fingerprint density at radius 3 is 2.52 bits per heavy atom. The maximum Gasteiger partial charge on any atom is 0.202 e. The van der Waals surface area contributed by atoms with Crippen LogP contribution in [0.15, 0.2) is 59.0 Å². The van der Waals surface area contributed by atoms with E-state index < -0.39 is 0 Å². The van der Waals surface area contributed by atoms with Gasteiger partial charge in [0, 0.05) is 32.2 Å². The fraction of sp³-hybridized carbons (Fsp3) is 0.486. The number of unbranched alkanes of at least 4 members (excludes halogenated alkanes) is 1. The van der Waals surface area contributed by atoms with Crippen molar-refractivity contribution >= 4 is 17.3 Å². The van der Waals surface area contributed by atoms with Gasteiger partial charge in [-0.15, -0.1) is 0 Å². The maximum absolute atomic E-state index is 13.2. The number of furan rings is 1. The summed E-state index contributed by atoms with van der Waals surface area (Å²) in [6, 6.07) is 17.1. The molecule has 0 radical (unpaired) electrons. The third-order valence-corrected chi connectivity index (χ3v) is 9.73. The number of Topliss-reactive ketones (excluding diaryl/α,β-unsaturated/α-hetero) is 3. The average Bonchev–Trinajstić information content (AvgIpc) is 3.60. The maximum atomic E-state index is 13.2. The van der Waals surface area contributed by atoms with E-state index in [9.17, 15) is 19.5 Å². The van der Waals surface area contributed by atoms with Crippen molar-refractivity contribution in [1.82, 2.24) is 0 Å². The van der Waals surface area contributed by atoms with Crippen molar-refractivity contribution in [2.45, 2.75) is 96.8 Å². The zero-order chi connectivity index (χ0) is 29.6. The summed E-state index contributed by atoms with van der Waals surface area (Å²) < 4.78 is 5.63. The fourth-order valence-corrected chi connectivity index (χ4v) is 7.20. The Balaban J connectivity index is 0.00000423. The van der Waals surface area contributed by atoms with Crippen LogP contribution < -0.4 is 0 Å². The number of carbonyl (C=O) groups excluding carboxylic acids is 3. The van der Waals surface area contributed by atoms with Crippen LogP contribution in [0.2, 0.25) is 0 Å². The van der Waals surface area contributed by atoms with E-state index in [-0.39, 0.29) is 25.3 Å². The molecule has 2 saturated carbocycles. The summed E-state index contributed by atoms with van der Waals surface area (Å²) in [7, 11) is 0. The van der Waals surface area contributed by atoms with Crippen LogP contribution in [0.1, 0.15) is 122 Å². The number of rotatable bonds is 12. The average molecular weight is 571 g/mol. The van der Waals surface area contributed by atoms with Gasteiger partial charge in [-0.05, 0) is 117 Å². The molecule has 1 heterocycles. The molecule has 0 amide bonds. The Hall–Kier alpha value is -3.47. The summed E-state index contributed by atoms with van der Waals surface area (Å²) in [5.41, 5.74) is 3.75. The molecule has 3 unspecified atom stereocenters. The second-order valence-electron chi connectivity index (χ2n) is 12.7. The van der Waals surface area contributed by atoms with E-state index in [0.29, 0.717) is 59.2 Å². The predicted molar refractivity (Wildman–Crippen MR) is 166 cm³/mol. The van der Waals surface area contributed by atoms with Crippen molar-refractivity contribution in [3.05, 3.63) is 88.4 Å². The van der Waals surface area contributed by atoms with E-state index in [4.69, 9.17) is 4.42 Å². The molecule has 224 valence electrons. The second kappa shape index (κ2) is 13.7. The zero-order valence-electron chi connectivity index (χ0n) is 25.1. The second-order valence-corrected chi connectivity index (χ2v) is 12.7. The van der Waals surface area contributed by atoms with Gasteiger partial charge in [-0.25, -0.2) is 0 Å². The summed E-state index contributed by atoms with van der Waals surface area (Å²) >= 11 is 0. The Morgan fingerprint density at radius 1 is 0.976 bits per heavy atom. The highest BCUT2D eigenvalue weighted by atomic mass is 16.3. The number of carbonyl (C=O) groups is 3. The lowest BCUT2D eigenvalue weighted by Crippen LogP contribution is -2.24. The molecule has 5 nitrogen and oxygen atoms in total. The first kappa shape index (κ1) is 30.0. The van der Waals surface area contributed by atoms with Crippen LogP contribution in [0, 0.1) is 24.7 Å². The van der Waals surface area contributed by atoms with E-state index in [1.807, 2.05) is 37.3 Å². The van der Waals surface area contributed by atoms with Crippen LogP contribution >= 0.6 is 0 Å². The molecular weight excluding hydrogens is 524 g/mol. The number of aromatic hydroxyl groups is 1. The molecule has 4 atom stereocenters. The normalized spacial score (nSPS) is 22.4. The van der Waals surface area contributed by atoms with Crippen molar-refractivity contribution in [2.24, 2.45) is 17.8 Å². The molecule has 1 aromatic heterocycles. The van der Waals surface area contributed by atoms with Crippen LogP contribution in [0.4, 0.5) is 0 Å². The molecule has 2 fully saturated rings. The van der Waals surface area contributed by atoms with Gasteiger partial charge >= 0.3 is 0 Å². The Bertz CT molecular complexity index is 1420. The highest BCUT2D eigenvalue weighted by Crippen LogP contribution is 2.43. The van der Waals surface area contributed by atoms with E-state index >= 15 is 0 Å².